The first-order valence-electron chi connectivity index (χ1n) is 6.77. The first kappa shape index (κ1) is 17.3. The second kappa shape index (κ2) is 7.02. The molecule has 0 spiro atoms. The van der Waals surface area contributed by atoms with E-state index in [1.54, 1.807) is 45.0 Å². The summed E-state index contributed by atoms with van der Waals surface area (Å²) in [6, 6.07) is 6.85. The fourth-order valence-corrected chi connectivity index (χ4v) is 1.96. The topological polar surface area (TPSA) is 76.1 Å². The minimum absolute atomic E-state index is 0.409. The number of hydrogen-bond acceptors (Lipinski definition) is 5. The van der Waals surface area contributed by atoms with Gasteiger partial charge in [0.15, 0.2) is 0 Å². The van der Waals surface area contributed by atoms with Crippen LogP contribution in [0.25, 0.3) is 11.3 Å². The van der Waals surface area contributed by atoms with Crippen LogP contribution in [-0.2, 0) is 4.74 Å². The molecule has 0 saturated carbocycles. The van der Waals surface area contributed by atoms with Crippen LogP contribution in [0.4, 0.5) is 10.6 Å². The van der Waals surface area contributed by atoms with E-state index >= 15 is 0 Å². The molecule has 2 aromatic rings. The van der Waals surface area contributed by atoms with Gasteiger partial charge in [-0.15, -0.1) is 0 Å². The summed E-state index contributed by atoms with van der Waals surface area (Å²) in [5, 5.41) is 0.901. The van der Waals surface area contributed by atoms with Crippen LogP contribution in [0.3, 0.4) is 0 Å². The lowest BCUT2D eigenvalue weighted by atomic mass is 10.1. The Morgan fingerprint density at radius 3 is 2.52 bits per heavy atom. The van der Waals surface area contributed by atoms with E-state index in [0.29, 0.717) is 21.6 Å². The lowest BCUT2D eigenvalue weighted by Crippen LogP contribution is -2.36. The summed E-state index contributed by atoms with van der Waals surface area (Å²) >= 11 is 11.9. The maximum absolute atomic E-state index is 11.6. The summed E-state index contributed by atoms with van der Waals surface area (Å²) in [7, 11) is 0. The highest BCUT2D eigenvalue weighted by atomic mass is 35.5. The summed E-state index contributed by atoms with van der Waals surface area (Å²) < 4.78 is 5.12. The Kier molecular flexibility index (Phi) is 5.28. The molecule has 2 N–H and O–H groups in total. The van der Waals surface area contributed by atoms with Crippen LogP contribution < -0.4 is 10.9 Å². The van der Waals surface area contributed by atoms with Gasteiger partial charge in [-0.1, -0.05) is 29.3 Å². The van der Waals surface area contributed by atoms with E-state index in [0.717, 1.165) is 5.56 Å². The number of benzene rings is 1. The van der Waals surface area contributed by atoms with Crippen molar-refractivity contribution >= 4 is 35.1 Å². The number of nitrogens with zero attached hydrogens (tertiary/aromatic N) is 2. The van der Waals surface area contributed by atoms with Crippen molar-refractivity contribution in [2.45, 2.75) is 26.4 Å². The number of ether oxygens (including phenoxy) is 1. The van der Waals surface area contributed by atoms with Crippen LogP contribution in [0.15, 0.2) is 30.6 Å². The van der Waals surface area contributed by atoms with Crippen LogP contribution in [-0.4, -0.2) is 21.7 Å². The number of aromatic nitrogens is 2. The minimum atomic E-state index is -0.604. The lowest BCUT2D eigenvalue weighted by Gasteiger charge is -2.19. The number of hydrazine groups is 1. The number of carbonyl (C=O) groups is 1. The van der Waals surface area contributed by atoms with Crippen LogP contribution in [0.2, 0.25) is 10.0 Å². The number of rotatable bonds is 3. The van der Waals surface area contributed by atoms with Gasteiger partial charge >= 0.3 is 6.09 Å². The summed E-state index contributed by atoms with van der Waals surface area (Å²) in [6.07, 6.45) is 0.768. The summed E-state index contributed by atoms with van der Waals surface area (Å²) in [6.45, 7) is 5.33. The van der Waals surface area contributed by atoms with Crippen molar-refractivity contribution in [2.75, 3.05) is 5.43 Å². The molecule has 1 amide bonds. The van der Waals surface area contributed by atoms with Crippen molar-refractivity contribution in [3.8, 4) is 11.3 Å². The average molecular weight is 355 g/mol. The van der Waals surface area contributed by atoms with E-state index in [9.17, 15) is 4.79 Å². The molecule has 0 aliphatic carbocycles. The number of anilines is 1. The SMILES string of the molecule is CC(C)(C)OC(=O)NNc1cc(-c2ccc(Cl)c(Cl)c2)ncn1. The zero-order valence-electron chi connectivity index (χ0n) is 12.9. The average Bonchev–Trinajstić information content (AvgIpc) is 2.46. The Balaban J connectivity index is 2.08. The van der Waals surface area contributed by atoms with Gasteiger partial charge in [0.1, 0.15) is 17.7 Å². The first-order valence-corrected chi connectivity index (χ1v) is 7.53. The van der Waals surface area contributed by atoms with Crippen molar-refractivity contribution < 1.29 is 9.53 Å². The third-order valence-corrected chi connectivity index (χ3v) is 3.31. The molecule has 0 saturated heterocycles. The zero-order chi connectivity index (χ0) is 17.0. The smallest absolute Gasteiger partial charge is 0.426 e. The van der Waals surface area contributed by atoms with Gasteiger partial charge in [-0.25, -0.2) is 20.2 Å². The van der Waals surface area contributed by atoms with Gasteiger partial charge in [0, 0.05) is 11.6 Å². The van der Waals surface area contributed by atoms with E-state index in [-0.39, 0.29) is 0 Å². The monoisotopic (exact) mass is 354 g/mol. The van der Waals surface area contributed by atoms with Crippen LogP contribution in [0, 0.1) is 0 Å². The van der Waals surface area contributed by atoms with Crippen molar-refractivity contribution in [1.82, 2.24) is 15.4 Å². The van der Waals surface area contributed by atoms with Crippen molar-refractivity contribution in [1.29, 1.82) is 0 Å². The highest BCUT2D eigenvalue weighted by Gasteiger charge is 2.16. The Hall–Kier alpha value is -2.05. The Morgan fingerprint density at radius 1 is 1.13 bits per heavy atom. The molecule has 6 nitrogen and oxygen atoms in total. The molecular formula is C15H16Cl2N4O2. The molecule has 0 atom stereocenters. The lowest BCUT2D eigenvalue weighted by molar-refractivity contribution is 0.0541. The Labute approximate surface area is 144 Å². The summed E-state index contributed by atoms with van der Waals surface area (Å²) in [5.41, 5.74) is 5.91. The molecule has 23 heavy (non-hydrogen) atoms. The molecule has 0 unspecified atom stereocenters. The number of hydrogen-bond donors (Lipinski definition) is 2. The van der Waals surface area contributed by atoms with Gasteiger partial charge in [0.25, 0.3) is 0 Å². The van der Waals surface area contributed by atoms with Crippen molar-refractivity contribution in [3.63, 3.8) is 0 Å². The van der Waals surface area contributed by atoms with Crippen LogP contribution >= 0.6 is 23.2 Å². The first-order chi connectivity index (χ1) is 10.7. The van der Waals surface area contributed by atoms with E-state index in [4.69, 9.17) is 27.9 Å². The van der Waals surface area contributed by atoms with E-state index < -0.39 is 11.7 Å². The minimum Gasteiger partial charge on any atom is -0.443 e. The molecule has 1 aromatic carbocycles. The molecule has 0 bridgehead atoms. The van der Waals surface area contributed by atoms with E-state index in [1.165, 1.54) is 6.33 Å². The number of carbonyl (C=O) groups excluding carboxylic acids is 1. The van der Waals surface area contributed by atoms with E-state index in [2.05, 4.69) is 20.8 Å². The molecule has 0 aliphatic heterocycles. The Morgan fingerprint density at radius 2 is 1.87 bits per heavy atom. The van der Waals surface area contributed by atoms with E-state index in [1.807, 2.05) is 0 Å². The predicted octanol–water partition coefficient (Wildman–Crippen LogP) is 4.30. The normalized spacial score (nSPS) is 11.0. The number of nitrogens with one attached hydrogen (secondary N) is 2. The Bertz CT molecular complexity index is 717. The second-order valence-corrected chi connectivity index (χ2v) is 6.48. The molecule has 1 aromatic heterocycles. The molecule has 1 heterocycles. The largest absolute Gasteiger partial charge is 0.443 e. The number of halogens is 2. The molecule has 122 valence electrons. The van der Waals surface area contributed by atoms with Crippen LogP contribution in [0.5, 0.6) is 0 Å². The fraction of sp³-hybridized carbons (Fsp3) is 0.267. The van der Waals surface area contributed by atoms with Gasteiger partial charge < -0.3 is 4.74 Å². The molecule has 0 radical (unpaired) electrons. The standard InChI is InChI=1S/C15H16Cl2N4O2/c1-15(2,3)23-14(22)21-20-13-7-12(18-8-19-13)9-4-5-10(16)11(17)6-9/h4-8H,1-3H3,(H,21,22)(H,18,19,20). The quantitative estimate of drug-likeness (QED) is 0.803. The summed E-state index contributed by atoms with van der Waals surface area (Å²) in [4.78, 5) is 19.8. The van der Waals surface area contributed by atoms with Crippen LogP contribution in [0.1, 0.15) is 20.8 Å². The molecule has 8 heteroatoms. The summed E-state index contributed by atoms with van der Waals surface area (Å²) in [5.74, 6) is 0.409. The molecule has 2 rings (SSSR count). The molecular weight excluding hydrogens is 339 g/mol. The van der Waals surface area contributed by atoms with Crippen molar-refractivity contribution in [3.05, 3.63) is 40.6 Å². The number of amides is 1. The predicted molar refractivity (Wildman–Crippen MR) is 90.5 cm³/mol. The second-order valence-electron chi connectivity index (χ2n) is 5.67. The molecule has 0 fully saturated rings. The molecule has 0 aliphatic rings. The highest BCUT2D eigenvalue weighted by molar-refractivity contribution is 6.42. The van der Waals surface area contributed by atoms with Crippen molar-refractivity contribution in [2.24, 2.45) is 0 Å². The fourth-order valence-electron chi connectivity index (χ4n) is 1.66. The zero-order valence-corrected chi connectivity index (χ0v) is 14.4. The maximum Gasteiger partial charge on any atom is 0.426 e. The van der Waals surface area contributed by atoms with Gasteiger partial charge in [0.05, 0.1) is 15.7 Å². The highest BCUT2D eigenvalue weighted by Crippen LogP contribution is 2.27. The van der Waals surface area contributed by atoms with Gasteiger partial charge in [-0.2, -0.15) is 0 Å². The third kappa shape index (κ3) is 5.26. The van der Waals surface area contributed by atoms with Gasteiger partial charge in [-0.3, -0.25) is 5.43 Å². The third-order valence-electron chi connectivity index (χ3n) is 2.57. The maximum atomic E-state index is 11.6. The van der Waals surface area contributed by atoms with Gasteiger partial charge in [-0.05, 0) is 32.9 Å². The van der Waals surface area contributed by atoms with Gasteiger partial charge in [0.2, 0.25) is 0 Å².